The third kappa shape index (κ3) is 5.44. The zero-order valence-corrected chi connectivity index (χ0v) is 21.1. The second-order valence-corrected chi connectivity index (χ2v) is 9.73. The second-order valence-electron chi connectivity index (χ2n) is 9.30. The van der Waals surface area contributed by atoms with Crippen molar-refractivity contribution in [3.05, 3.63) is 107 Å². The summed E-state index contributed by atoms with van der Waals surface area (Å²) in [7, 11) is 0. The average molecular weight is 505 g/mol. The van der Waals surface area contributed by atoms with Crippen LogP contribution in [0, 0.1) is 5.41 Å². The maximum atomic E-state index is 13.3. The number of benzene rings is 3. The first kappa shape index (κ1) is 25.5. The molecule has 1 saturated heterocycles. The SMILES string of the molecule is CC(NC(=O)N1C(=O)C(C)(CCc2ccc(Cl)cc2)C1C(=O)OCc1ccccc1)c1ccccc1. The van der Waals surface area contributed by atoms with Crippen LogP contribution in [0.2, 0.25) is 5.02 Å². The zero-order valence-electron chi connectivity index (χ0n) is 20.3. The highest BCUT2D eigenvalue weighted by Crippen LogP contribution is 2.44. The van der Waals surface area contributed by atoms with Crippen molar-refractivity contribution in [2.24, 2.45) is 5.41 Å². The molecule has 4 rings (SSSR count). The molecular formula is C29H29ClN2O4. The molecule has 3 unspecified atom stereocenters. The number of aryl methyl sites for hydroxylation is 1. The maximum absolute atomic E-state index is 13.3. The normalized spacial score (nSPS) is 19.8. The average Bonchev–Trinajstić information content (AvgIpc) is 2.90. The van der Waals surface area contributed by atoms with Gasteiger partial charge in [0.25, 0.3) is 0 Å². The minimum atomic E-state index is -1.07. The van der Waals surface area contributed by atoms with E-state index >= 15 is 0 Å². The van der Waals surface area contributed by atoms with Crippen molar-refractivity contribution >= 4 is 29.5 Å². The molecule has 3 amide bonds. The minimum Gasteiger partial charge on any atom is -0.459 e. The van der Waals surface area contributed by atoms with Crippen LogP contribution in [0.1, 0.15) is 43.0 Å². The number of carbonyl (C=O) groups is 3. The number of likely N-dealkylation sites (tertiary alicyclic amines) is 1. The van der Waals surface area contributed by atoms with E-state index in [4.69, 9.17) is 16.3 Å². The number of nitrogens with one attached hydrogen (secondary N) is 1. The van der Waals surface area contributed by atoms with Crippen molar-refractivity contribution in [1.29, 1.82) is 0 Å². The molecule has 1 heterocycles. The summed E-state index contributed by atoms with van der Waals surface area (Å²) >= 11 is 5.99. The van der Waals surface area contributed by atoms with Crippen molar-refractivity contribution in [3.63, 3.8) is 0 Å². The molecular weight excluding hydrogens is 476 g/mol. The topological polar surface area (TPSA) is 75.7 Å². The predicted molar refractivity (Wildman–Crippen MR) is 138 cm³/mol. The Kier molecular flexibility index (Phi) is 7.75. The summed E-state index contributed by atoms with van der Waals surface area (Å²) in [5.74, 6) is -0.990. The van der Waals surface area contributed by atoms with E-state index in [-0.39, 0.29) is 12.6 Å². The largest absolute Gasteiger partial charge is 0.459 e. The third-order valence-electron chi connectivity index (χ3n) is 6.72. The smallest absolute Gasteiger partial charge is 0.330 e. The van der Waals surface area contributed by atoms with Gasteiger partial charge in [0.15, 0.2) is 6.04 Å². The Labute approximate surface area is 216 Å². The van der Waals surface area contributed by atoms with Gasteiger partial charge in [-0.05, 0) is 55.5 Å². The van der Waals surface area contributed by atoms with E-state index in [1.54, 1.807) is 19.1 Å². The summed E-state index contributed by atoms with van der Waals surface area (Å²) in [5.41, 5.74) is 1.65. The number of nitrogens with zero attached hydrogens (tertiary/aromatic N) is 1. The maximum Gasteiger partial charge on any atom is 0.330 e. The van der Waals surface area contributed by atoms with Crippen molar-refractivity contribution in [1.82, 2.24) is 10.2 Å². The molecule has 0 saturated carbocycles. The van der Waals surface area contributed by atoms with Crippen LogP contribution in [0.15, 0.2) is 84.9 Å². The van der Waals surface area contributed by atoms with E-state index in [1.807, 2.05) is 79.7 Å². The fourth-order valence-corrected chi connectivity index (χ4v) is 4.62. The standard InChI is InChI=1S/C29H29ClN2O4/c1-20(23-11-7-4-8-12-23)31-28(35)32-25(26(33)36-19-22-9-5-3-6-10-22)29(2,27(32)34)18-17-21-13-15-24(30)16-14-21/h3-16,20,25H,17-19H2,1-2H3,(H,31,35). The number of β-lactam (4-membered cyclic amide) rings is 1. The Morgan fingerprint density at radius 1 is 0.972 bits per heavy atom. The van der Waals surface area contributed by atoms with Gasteiger partial charge in [0.2, 0.25) is 5.91 Å². The van der Waals surface area contributed by atoms with E-state index in [0.29, 0.717) is 17.9 Å². The van der Waals surface area contributed by atoms with Crippen molar-refractivity contribution in [3.8, 4) is 0 Å². The summed E-state index contributed by atoms with van der Waals surface area (Å²) in [6.07, 6.45) is 0.939. The van der Waals surface area contributed by atoms with Crippen LogP contribution < -0.4 is 5.32 Å². The Morgan fingerprint density at radius 2 is 1.58 bits per heavy atom. The molecule has 0 spiro atoms. The van der Waals surface area contributed by atoms with Crippen LogP contribution in [0.25, 0.3) is 0 Å². The minimum absolute atomic E-state index is 0.0630. The van der Waals surface area contributed by atoms with E-state index in [0.717, 1.165) is 21.6 Å². The van der Waals surface area contributed by atoms with Gasteiger partial charge < -0.3 is 10.1 Å². The molecule has 3 aromatic carbocycles. The number of hydrogen-bond donors (Lipinski definition) is 1. The van der Waals surface area contributed by atoms with Gasteiger partial charge in [0, 0.05) is 5.02 Å². The Balaban J connectivity index is 1.51. The third-order valence-corrected chi connectivity index (χ3v) is 6.97. The van der Waals surface area contributed by atoms with Gasteiger partial charge in [-0.15, -0.1) is 0 Å². The first-order valence-electron chi connectivity index (χ1n) is 11.9. The molecule has 0 aromatic heterocycles. The van der Waals surface area contributed by atoms with Crippen LogP contribution in [-0.4, -0.2) is 28.8 Å². The number of carbonyl (C=O) groups excluding carboxylic acids is 3. The summed E-state index contributed by atoms with van der Waals surface area (Å²) in [4.78, 5) is 40.8. The van der Waals surface area contributed by atoms with Crippen LogP contribution in [0.5, 0.6) is 0 Å². The van der Waals surface area contributed by atoms with Crippen LogP contribution in [0.3, 0.4) is 0 Å². The van der Waals surface area contributed by atoms with E-state index in [9.17, 15) is 14.4 Å². The molecule has 1 aliphatic heterocycles. The number of urea groups is 1. The summed E-state index contributed by atoms with van der Waals surface area (Å²) < 4.78 is 5.58. The number of ether oxygens (including phenoxy) is 1. The number of esters is 1. The fourth-order valence-electron chi connectivity index (χ4n) is 4.49. The highest BCUT2D eigenvalue weighted by Gasteiger charge is 2.63. The van der Waals surface area contributed by atoms with Crippen molar-refractivity contribution < 1.29 is 19.1 Å². The number of hydrogen-bond acceptors (Lipinski definition) is 4. The monoisotopic (exact) mass is 504 g/mol. The van der Waals surface area contributed by atoms with Crippen LogP contribution in [-0.2, 0) is 27.4 Å². The molecule has 7 heteroatoms. The molecule has 6 nitrogen and oxygen atoms in total. The highest BCUT2D eigenvalue weighted by atomic mass is 35.5. The van der Waals surface area contributed by atoms with E-state index in [2.05, 4.69) is 5.32 Å². The summed E-state index contributed by atoms with van der Waals surface area (Å²) in [6, 6.07) is 24.1. The predicted octanol–water partition coefficient (Wildman–Crippen LogP) is 5.70. The Morgan fingerprint density at radius 3 is 2.22 bits per heavy atom. The first-order chi connectivity index (χ1) is 17.3. The zero-order chi connectivity index (χ0) is 25.7. The van der Waals surface area contributed by atoms with E-state index in [1.165, 1.54) is 0 Å². The molecule has 1 fully saturated rings. The molecule has 0 bridgehead atoms. The lowest BCUT2D eigenvalue weighted by Gasteiger charge is -2.51. The molecule has 186 valence electrons. The lowest BCUT2D eigenvalue weighted by atomic mass is 9.68. The lowest BCUT2D eigenvalue weighted by Crippen LogP contribution is -2.73. The van der Waals surface area contributed by atoms with Gasteiger partial charge in [-0.3, -0.25) is 4.79 Å². The number of amides is 3. The number of halogens is 1. The summed E-state index contributed by atoms with van der Waals surface area (Å²) in [6.45, 7) is 3.62. The molecule has 0 radical (unpaired) electrons. The Bertz CT molecular complexity index is 1220. The van der Waals surface area contributed by atoms with Gasteiger partial charge >= 0.3 is 12.0 Å². The molecule has 3 atom stereocenters. The lowest BCUT2D eigenvalue weighted by molar-refractivity contribution is -0.181. The quantitative estimate of drug-likeness (QED) is 0.315. The molecule has 1 aliphatic rings. The van der Waals surface area contributed by atoms with Crippen LogP contribution >= 0.6 is 11.6 Å². The van der Waals surface area contributed by atoms with Crippen molar-refractivity contribution in [2.75, 3.05) is 0 Å². The van der Waals surface area contributed by atoms with E-state index < -0.39 is 29.4 Å². The Hall–Kier alpha value is -3.64. The molecule has 1 N–H and O–H groups in total. The van der Waals surface area contributed by atoms with Crippen molar-refractivity contribution in [2.45, 2.75) is 45.4 Å². The second kappa shape index (κ2) is 11.0. The molecule has 36 heavy (non-hydrogen) atoms. The molecule has 0 aliphatic carbocycles. The van der Waals surface area contributed by atoms with Gasteiger partial charge in [-0.25, -0.2) is 14.5 Å². The highest BCUT2D eigenvalue weighted by molar-refractivity contribution is 6.30. The van der Waals surface area contributed by atoms with Gasteiger partial charge in [-0.1, -0.05) is 84.4 Å². The summed E-state index contributed by atoms with van der Waals surface area (Å²) in [5, 5.41) is 3.48. The van der Waals surface area contributed by atoms with Gasteiger partial charge in [0.1, 0.15) is 6.61 Å². The first-order valence-corrected chi connectivity index (χ1v) is 12.3. The van der Waals surface area contributed by atoms with Crippen LogP contribution in [0.4, 0.5) is 4.79 Å². The number of rotatable bonds is 8. The molecule has 3 aromatic rings. The van der Waals surface area contributed by atoms with Gasteiger partial charge in [-0.2, -0.15) is 0 Å². The van der Waals surface area contributed by atoms with Gasteiger partial charge in [0.05, 0.1) is 11.5 Å². The number of imide groups is 1. The fraction of sp³-hybridized carbons (Fsp3) is 0.276.